The Kier molecular flexibility index (Phi) is 5.18. The van der Waals surface area contributed by atoms with Gasteiger partial charge in [0.25, 0.3) is 5.91 Å². The Morgan fingerprint density at radius 1 is 0.964 bits per heavy atom. The molecule has 0 bridgehead atoms. The van der Waals surface area contributed by atoms with Crippen LogP contribution in [0.5, 0.6) is 0 Å². The van der Waals surface area contributed by atoms with Gasteiger partial charge in [-0.25, -0.2) is 0 Å². The SMILES string of the molecule is O=C(CCc1nnc(-c2ccccc2)o1)N1CCN(C(=O)c2ccoc2)CC1. The van der Waals surface area contributed by atoms with Gasteiger partial charge < -0.3 is 18.6 Å². The lowest BCUT2D eigenvalue weighted by Gasteiger charge is -2.34. The topological polar surface area (TPSA) is 92.7 Å². The zero-order valence-electron chi connectivity index (χ0n) is 15.3. The van der Waals surface area contributed by atoms with Crippen molar-refractivity contribution in [1.29, 1.82) is 0 Å². The van der Waals surface area contributed by atoms with E-state index in [0.29, 0.717) is 56.4 Å². The van der Waals surface area contributed by atoms with Gasteiger partial charge >= 0.3 is 0 Å². The van der Waals surface area contributed by atoms with Crippen molar-refractivity contribution >= 4 is 11.8 Å². The van der Waals surface area contributed by atoms with Crippen molar-refractivity contribution in [2.45, 2.75) is 12.8 Å². The van der Waals surface area contributed by atoms with E-state index in [-0.39, 0.29) is 11.8 Å². The fraction of sp³-hybridized carbons (Fsp3) is 0.300. The lowest BCUT2D eigenvalue weighted by Crippen LogP contribution is -2.50. The number of furan rings is 1. The van der Waals surface area contributed by atoms with E-state index in [1.165, 1.54) is 12.5 Å². The summed E-state index contributed by atoms with van der Waals surface area (Å²) < 4.78 is 10.6. The molecular formula is C20H20N4O4. The van der Waals surface area contributed by atoms with Gasteiger partial charge in [0.05, 0.1) is 11.8 Å². The minimum absolute atomic E-state index is 0.0230. The van der Waals surface area contributed by atoms with E-state index >= 15 is 0 Å². The van der Waals surface area contributed by atoms with Crippen LogP contribution >= 0.6 is 0 Å². The van der Waals surface area contributed by atoms with Crippen LogP contribution in [0.4, 0.5) is 0 Å². The lowest BCUT2D eigenvalue weighted by atomic mass is 10.2. The molecule has 4 rings (SSSR count). The summed E-state index contributed by atoms with van der Waals surface area (Å²) in [4.78, 5) is 28.3. The molecule has 0 aliphatic carbocycles. The number of nitrogens with zero attached hydrogens (tertiary/aromatic N) is 4. The molecule has 144 valence electrons. The highest BCUT2D eigenvalue weighted by molar-refractivity contribution is 5.94. The van der Waals surface area contributed by atoms with Crippen molar-refractivity contribution in [2.24, 2.45) is 0 Å². The third-order valence-corrected chi connectivity index (χ3v) is 4.73. The fourth-order valence-electron chi connectivity index (χ4n) is 3.15. The molecule has 8 heteroatoms. The van der Waals surface area contributed by atoms with Gasteiger partial charge in [-0.15, -0.1) is 10.2 Å². The second-order valence-electron chi connectivity index (χ2n) is 6.55. The summed E-state index contributed by atoms with van der Waals surface area (Å²) in [5.41, 5.74) is 1.39. The number of carbonyl (C=O) groups excluding carboxylic acids is 2. The van der Waals surface area contributed by atoms with Gasteiger partial charge in [0.1, 0.15) is 6.26 Å². The second-order valence-corrected chi connectivity index (χ2v) is 6.55. The number of rotatable bonds is 5. The van der Waals surface area contributed by atoms with Crippen LogP contribution in [0.3, 0.4) is 0 Å². The average molecular weight is 380 g/mol. The second kappa shape index (κ2) is 8.08. The molecule has 3 aromatic rings. The van der Waals surface area contributed by atoms with E-state index in [1.54, 1.807) is 15.9 Å². The number of benzene rings is 1. The first-order chi connectivity index (χ1) is 13.7. The fourth-order valence-corrected chi connectivity index (χ4v) is 3.15. The third kappa shape index (κ3) is 3.95. The van der Waals surface area contributed by atoms with Crippen molar-refractivity contribution in [1.82, 2.24) is 20.0 Å². The normalized spacial score (nSPS) is 14.3. The van der Waals surface area contributed by atoms with E-state index in [4.69, 9.17) is 8.83 Å². The summed E-state index contributed by atoms with van der Waals surface area (Å²) >= 11 is 0. The van der Waals surface area contributed by atoms with Crippen LogP contribution in [0.15, 0.2) is 57.8 Å². The van der Waals surface area contributed by atoms with E-state index in [2.05, 4.69) is 10.2 Å². The molecule has 1 aliphatic heterocycles. The molecule has 1 aliphatic rings. The molecule has 0 saturated carbocycles. The minimum Gasteiger partial charge on any atom is -0.472 e. The molecule has 28 heavy (non-hydrogen) atoms. The molecule has 3 heterocycles. The van der Waals surface area contributed by atoms with Gasteiger partial charge in [-0.1, -0.05) is 18.2 Å². The van der Waals surface area contributed by atoms with Gasteiger partial charge in [-0.3, -0.25) is 9.59 Å². The Labute approximate surface area is 161 Å². The van der Waals surface area contributed by atoms with Crippen LogP contribution in [0.1, 0.15) is 22.7 Å². The number of carbonyl (C=O) groups is 2. The molecule has 0 spiro atoms. The summed E-state index contributed by atoms with van der Waals surface area (Å²) in [5.74, 6) is 0.852. The molecule has 2 amide bonds. The Bertz CT molecular complexity index is 928. The zero-order valence-corrected chi connectivity index (χ0v) is 15.3. The first-order valence-corrected chi connectivity index (χ1v) is 9.18. The number of hydrogen-bond donors (Lipinski definition) is 0. The third-order valence-electron chi connectivity index (χ3n) is 4.73. The van der Waals surface area contributed by atoms with Crippen LogP contribution in [0, 0.1) is 0 Å². The molecule has 1 fully saturated rings. The molecule has 0 N–H and O–H groups in total. The van der Waals surface area contributed by atoms with Gasteiger partial charge in [0, 0.05) is 44.6 Å². The summed E-state index contributed by atoms with van der Waals surface area (Å²) in [7, 11) is 0. The minimum atomic E-state index is -0.0693. The van der Waals surface area contributed by atoms with Gasteiger partial charge in [-0.05, 0) is 18.2 Å². The first kappa shape index (κ1) is 18.0. The van der Waals surface area contributed by atoms with Crippen molar-refractivity contribution in [2.75, 3.05) is 26.2 Å². The van der Waals surface area contributed by atoms with Crippen molar-refractivity contribution in [3.05, 3.63) is 60.4 Å². The van der Waals surface area contributed by atoms with Crippen LogP contribution < -0.4 is 0 Å². The van der Waals surface area contributed by atoms with E-state index in [1.807, 2.05) is 30.3 Å². The molecule has 8 nitrogen and oxygen atoms in total. The predicted octanol–water partition coefficient (Wildman–Crippen LogP) is 2.25. The van der Waals surface area contributed by atoms with E-state index < -0.39 is 0 Å². The monoisotopic (exact) mass is 380 g/mol. The quantitative estimate of drug-likeness (QED) is 0.674. The van der Waals surface area contributed by atoms with Crippen molar-refractivity contribution in [3.63, 3.8) is 0 Å². The maximum atomic E-state index is 12.5. The van der Waals surface area contributed by atoms with E-state index in [0.717, 1.165) is 5.56 Å². The Hall–Kier alpha value is -3.42. The summed E-state index contributed by atoms with van der Waals surface area (Å²) in [6.07, 6.45) is 3.61. The maximum absolute atomic E-state index is 12.5. The summed E-state index contributed by atoms with van der Waals surface area (Å²) in [5, 5.41) is 8.06. The smallest absolute Gasteiger partial charge is 0.257 e. The van der Waals surface area contributed by atoms with Crippen LogP contribution in [-0.2, 0) is 11.2 Å². The summed E-state index contributed by atoms with van der Waals surface area (Å²) in [6.45, 7) is 2.05. The lowest BCUT2D eigenvalue weighted by molar-refractivity contribution is -0.132. The largest absolute Gasteiger partial charge is 0.472 e. The molecule has 1 saturated heterocycles. The molecule has 2 aromatic heterocycles. The molecule has 0 unspecified atom stereocenters. The summed E-state index contributed by atoms with van der Waals surface area (Å²) in [6, 6.07) is 11.2. The van der Waals surface area contributed by atoms with Crippen LogP contribution in [0.25, 0.3) is 11.5 Å². The average Bonchev–Trinajstić information content (AvgIpc) is 3.44. The van der Waals surface area contributed by atoms with E-state index in [9.17, 15) is 9.59 Å². The van der Waals surface area contributed by atoms with Gasteiger partial charge in [0.15, 0.2) is 0 Å². The Morgan fingerprint density at radius 2 is 1.71 bits per heavy atom. The standard InChI is InChI=1S/C20H20N4O4/c25-18(7-6-17-21-22-19(28-17)15-4-2-1-3-5-15)23-9-11-24(12-10-23)20(26)16-8-13-27-14-16/h1-5,8,13-14H,6-7,9-12H2. The number of piperazine rings is 1. The Balaban J connectivity index is 1.26. The number of amides is 2. The Morgan fingerprint density at radius 3 is 2.43 bits per heavy atom. The maximum Gasteiger partial charge on any atom is 0.257 e. The molecule has 0 radical (unpaired) electrons. The number of aromatic nitrogens is 2. The van der Waals surface area contributed by atoms with Crippen molar-refractivity contribution in [3.8, 4) is 11.5 Å². The van der Waals surface area contributed by atoms with Crippen molar-refractivity contribution < 1.29 is 18.4 Å². The highest BCUT2D eigenvalue weighted by Gasteiger charge is 2.25. The van der Waals surface area contributed by atoms with Crippen LogP contribution in [0.2, 0.25) is 0 Å². The molecule has 0 atom stereocenters. The molecule has 1 aromatic carbocycles. The van der Waals surface area contributed by atoms with Crippen LogP contribution in [-0.4, -0.2) is 58.0 Å². The highest BCUT2D eigenvalue weighted by Crippen LogP contribution is 2.18. The van der Waals surface area contributed by atoms with Gasteiger partial charge in [0.2, 0.25) is 17.7 Å². The molecular weight excluding hydrogens is 360 g/mol. The predicted molar refractivity (Wildman–Crippen MR) is 99.2 cm³/mol. The highest BCUT2D eigenvalue weighted by atomic mass is 16.4. The van der Waals surface area contributed by atoms with Gasteiger partial charge in [-0.2, -0.15) is 0 Å². The number of aryl methyl sites for hydroxylation is 1. The number of hydrogen-bond acceptors (Lipinski definition) is 6. The first-order valence-electron chi connectivity index (χ1n) is 9.18. The zero-order chi connectivity index (χ0) is 19.3.